The topological polar surface area (TPSA) is 37.0 Å². The predicted molar refractivity (Wildman–Crippen MR) is 58.7 cm³/mol. The number of hydrogen-bond donors (Lipinski definition) is 2. The van der Waals surface area contributed by atoms with Crippen molar-refractivity contribution in [1.82, 2.24) is 10.3 Å². The average Bonchev–Trinajstić information content (AvgIpc) is 2.01. The van der Waals surface area contributed by atoms with Crippen molar-refractivity contribution < 1.29 is 4.39 Å². The summed E-state index contributed by atoms with van der Waals surface area (Å²) in [6.07, 6.45) is 2.65. The van der Waals surface area contributed by atoms with Gasteiger partial charge in [0, 0.05) is 12.1 Å². The van der Waals surface area contributed by atoms with Crippen molar-refractivity contribution >= 4 is 23.0 Å². The number of nitrogens with zero attached hydrogens (tertiary/aromatic N) is 1. The lowest BCUT2D eigenvalue weighted by Gasteiger charge is -2.12. The molecular weight excluding hydrogens is 201 g/mol. The lowest BCUT2D eigenvalue weighted by atomic mass is 10.4. The number of anilines is 1. The molecule has 5 heteroatoms. The Labute approximate surface area is 87.7 Å². The molecule has 0 radical (unpaired) electrons. The maximum absolute atomic E-state index is 12.7. The van der Waals surface area contributed by atoms with E-state index < -0.39 is 0 Å². The van der Waals surface area contributed by atoms with E-state index in [0.717, 1.165) is 6.20 Å². The molecule has 0 spiro atoms. The number of rotatable bonds is 2. The lowest BCUT2D eigenvalue weighted by Crippen LogP contribution is -2.33. The van der Waals surface area contributed by atoms with Crippen LogP contribution in [0, 0.1) is 5.82 Å². The number of pyridine rings is 1. The van der Waals surface area contributed by atoms with Crippen LogP contribution < -0.4 is 10.6 Å². The minimum atomic E-state index is -0.387. The number of nitrogens with one attached hydrogen (secondary N) is 2. The molecule has 0 unspecified atom stereocenters. The smallest absolute Gasteiger partial charge is 0.171 e. The molecule has 0 aliphatic heterocycles. The monoisotopic (exact) mass is 213 g/mol. The summed E-state index contributed by atoms with van der Waals surface area (Å²) in [7, 11) is 0. The molecular formula is C9H12FN3S. The van der Waals surface area contributed by atoms with Gasteiger partial charge >= 0.3 is 0 Å². The van der Waals surface area contributed by atoms with Gasteiger partial charge in [-0.1, -0.05) is 0 Å². The van der Waals surface area contributed by atoms with E-state index >= 15 is 0 Å². The van der Waals surface area contributed by atoms with Gasteiger partial charge < -0.3 is 10.6 Å². The van der Waals surface area contributed by atoms with E-state index in [1.165, 1.54) is 12.3 Å². The van der Waals surface area contributed by atoms with Crippen LogP contribution in [0.15, 0.2) is 18.5 Å². The molecule has 76 valence electrons. The number of aromatic nitrogens is 1. The van der Waals surface area contributed by atoms with Crippen molar-refractivity contribution in [2.24, 2.45) is 0 Å². The van der Waals surface area contributed by atoms with E-state index in [-0.39, 0.29) is 11.9 Å². The lowest BCUT2D eigenvalue weighted by molar-refractivity contribution is 0.622. The van der Waals surface area contributed by atoms with Gasteiger partial charge in [-0.15, -0.1) is 0 Å². The number of thiocarbonyl (C=S) groups is 1. The Kier molecular flexibility index (Phi) is 3.76. The van der Waals surface area contributed by atoms with Crippen LogP contribution in [0.1, 0.15) is 13.8 Å². The molecule has 0 bridgehead atoms. The van der Waals surface area contributed by atoms with Gasteiger partial charge in [0.2, 0.25) is 0 Å². The molecule has 1 heterocycles. The summed E-state index contributed by atoms with van der Waals surface area (Å²) in [5.41, 5.74) is 0.545. The average molecular weight is 213 g/mol. The first-order chi connectivity index (χ1) is 6.58. The quantitative estimate of drug-likeness (QED) is 0.736. The first-order valence-electron chi connectivity index (χ1n) is 4.26. The van der Waals surface area contributed by atoms with Gasteiger partial charge in [-0.05, 0) is 26.1 Å². The highest BCUT2D eigenvalue weighted by Gasteiger charge is 2.00. The SMILES string of the molecule is CC(C)NC(=S)Nc1cncc(F)c1. The Bertz CT molecular complexity index is 328. The zero-order valence-electron chi connectivity index (χ0n) is 8.04. The molecule has 0 fully saturated rings. The van der Waals surface area contributed by atoms with E-state index in [2.05, 4.69) is 15.6 Å². The highest BCUT2D eigenvalue weighted by Crippen LogP contribution is 2.06. The van der Waals surface area contributed by atoms with Crippen LogP contribution in [0.5, 0.6) is 0 Å². The van der Waals surface area contributed by atoms with Crippen molar-refractivity contribution in [3.05, 3.63) is 24.3 Å². The first kappa shape index (κ1) is 10.8. The summed E-state index contributed by atoms with van der Waals surface area (Å²) in [6, 6.07) is 1.58. The third-order valence-electron chi connectivity index (χ3n) is 1.38. The van der Waals surface area contributed by atoms with Crippen molar-refractivity contribution in [1.29, 1.82) is 0 Å². The standard InChI is InChI=1S/C9H12FN3S/c1-6(2)12-9(14)13-8-3-7(10)4-11-5-8/h3-6H,1-2H3,(H2,12,13,14). The third kappa shape index (κ3) is 3.66. The van der Waals surface area contributed by atoms with Gasteiger partial charge in [-0.25, -0.2) is 4.39 Å². The van der Waals surface area contributed by atoms with E-state index in [9.17, 15) is 4.39 Å². The molecule has 0 aliphatic rings. The van der Waals surface area contributed by atoms with Crippen LogP contribution in [-0.2, 0) is 0 Å². The predicted octanol–water partition coefficient (Wildman–Crippen LogP) is 1.92. The Morgan fingerprint density at radius 2 is 2.21 bits per heavy atom. The molecule has 14 heavy (non-hydrogen) atoms. The van der Waals surface area contributed by atoms with Crippen molar-refractivity contribution in [2.75, 3.05) is 5.32 Å². The maximum Gasteiger partial charge on any atom is 0.171 e. The molecule has 2 N–H and O–H groups in total. The van der Waals surface area contributed by atoms with Gasteiger partial charge in [-0.3, -0.25) is 4.98 Å². The third-order valence-corrected chi connectivity index (χ3v) is 1.60. The molecule has 1 aromatic heterocycles. The summed E-state index contributed by atoms with van der Waals surface area (Å²) < 4.78 is 12.7. The molecule has 0 saturated heterocycles. The largest absolute Gasteiger partial charge is 0.360 e. The number of hydrogen-bond acceptors (Lipinski definition) is 2. The molecule has 0 aliphatic carbocycles. The minimum absolute atomic E-state index is 0.247. The summed E-state index contributed by atoms with van der Waals surface area (Å²) >= 11 is 4.98. The van der Waals surface area contributed by atoms with Crippen LogP contribution in [0.2, 0.25) is 0 Å². The van der Waals surface area contributed by atoms with Crippen LogP contribution in [0.25, 0.3) is 0 Å². The Morgan fingerprint density at radius 1 is 1.50 bits per heavy atom. The molecule has 1 rings (SSSR count). The highest BCUT2D eigenvalue weighted by atomic mass is 32.1. The van der Waals surface area contributed by atoms with Crippen LogP contribution in [0.3, 0.4) is 0 Å². The second-order valence-corrected chi connectivity index (χ2v) is 3.55. The molecule has 0 aromatic carbocycles. The zero-order chi connectivity index (χ0) is 10.6. The molecule has 0 saturated carbocycles. The molecule has 3 nitrogen and oxygen atoms in total. The summed E-state index contributed by atoms with van der Waals surface area (Å²) in [5.74, 6) is -0.387. The summed E-state index contributed by atoms with van der Waals surface area (Å²) in [4.78, 5) is 3.69. The van der Waals surface area contributed by atoms with Gasteiger partial charge in [0.1, 0.15) is 5.82 Å². The minimum Gasteiger partial charge on any atom is -0.360 e. The zero-order valence-corrected chi connectivity index (χ0v) is 8.86. The van der Waals surface area contributed by atoms with Gasteiger partial charge in [0.05, 0.1) is 18.1 Å². The number of halogens is 1. The molecule has 1 aromatic rings. The Hall–Kier alpha value is -1.23. The van der Waals surface area contributed by atoms with Crippen molar-refractivity contribution in [3.8, 4) is 0 Å². The fourth-order valence-electron chi connectivity index (χ4n) is 0.910. The molecule has 0 atom stereocenters. The maximum atomic E-state index is 12.7. The second-order valence-electron chi connectivity index (χ2n) is 3.14. The molecule has 0 amide bonds. The van der Waals surface area contributed by atoms with Crippen molar-refractivity contribution in [3.63, 3.8) is 0 Å². The van der Waals surface area contributed by atoms with Gasteiger partial charge in [-0.2, -0.15) is 0 Å². The van der Waals surface area contributed by atoms with E-state index in [1.807, 2.05) is 13.8 Å². The van der Waals surface area contributed by atoms with Gasteiger partial charge in [0.25, 0.3) is 0 Å². The summed E-state index contributed by atoms with van der Waals surface area (Å²) in [5, 5.41) is 6.28. The fraction of sp³-hybridized carbons (Fsp3) is 0.333. The van der Waals surface area contributed by atoms with E-state index in [4.69, 9.17) is 12.2 Å². The Morgan fingerprint density at radius 3 is 2.79 bits per heavy atom. The van der Waals surface area contributed by atoms with Crippen LogP contribution >= 0.6 is 12.2 Å². The second kappa shape index (κ2) is 4.85. The van der Waals surface area contributed by atoms with Crippen LogP contribution in [0.4, 0.5) is 10.1 Å². The fourth-order valence-corrected chi connectivity index (χ4v) is 1.26. The first-order valence-corrected chi connectivity index (χ1v) is 4.67. The van der Waals surface area contributed by atoms with E-state index in [0.29, 0.717) is 10.8 Å². The van der Waals surface area contributed by atoms with Gasteiger partial charge in [0.15, 0.2) is 5.11 Å². The van der Waals surface area contributed by atoms with Crippen LogP contribution in [-0.4, -0.2) is 16.1 Å². The highest BCUT2D eigenvalue weighted by molar-refractivity contribution is 7.80. The Balaban J connectivity index is 2.56. The normalized spacial score (nSPS) is 10.0. The van der Waals surface area contributed by atoms with Crippen molar-refractivity contribution in [2.45, 2.75) is 19.9 Å². The summed E-state index contributed by atoms with van der Waals surface area (Å²) in [6.45, 7) is 3.94. The van der Waals surface area contributed by atoms with E-state index in [1.54, 1.807) is 0 Å².